The predicted octanol–water partition coefficient (Wildman–Crippen LogP) is 14.0. The Morgan fingerprint density at radius 3 is 1.86 bits per heavy atom. The first kappa shape index (κ1) is 44.3. The fourth-order valence-electron chi connectivity index (χ4n) is 6.28. The van der Waals surface area contributed by atoms with Gasteiger partial charge in [0.05, 0.1) is 0 Å². The number of fused-ring (bicyclic) bond motifs is 3. The molecule has 4 heteroatoms. The second-order valence-electron chi connectivity index (χ2n) is 13.4. The standard InChI is InChI=1S/C22H25.C21H17.2CH3.2ClH.Si.Zr/c1-15(2)18-13-17-7-6-8-20(21(17)14-18)16-9-11-19(12-10-16)22(3,4)5;1-14-12-20-15(2)10-11-19(21(20)13-14)18-9-5-7-16-6-3-4-8-17(16)18;;;;;;/h6-15H,1-5H3;3-13H,1-2H3;2*1H3;2*1H;;/q4*-1;;;;. The third-order valence-corrected chi connectivity index (χ3v) is 8.83. The van der Waals surface area contributed by atoms with Crippen LogP contribution in [0, 0.1) is 28.7 Å². The molecule has 0 aliphatic heterocycles. The van der Waals surface area contributed by atoms with Gasteiger partial charge in [0.2, 0.25) is 0 Å². The van der Waals surface area contributed by atoms with E-state index in [2.05, 4.69) is 177 Å². The van der Waals surface area contributed by atoms with Crippen LogP contribution in [0.4, 0.5) is 0 Å². The van der Waals surface area contributed by atoms with Crippen molar-refractivity contribution >= 4 is 64.0 Å². The number of rotatable bonds is 3. The Labute approximate surface area is 325 Å². The number of aryl methyl sites for hydroxylation is 2. The summed E-state index contributed by atoms with van der Waals surface area (Å²) in [5.41, 5.74) is 11.0. The molecule has 7 aromatic rings. The normalized spacial score (nSPS) is 10.4. The van der Waals surface area contributed by atoms with E-state index < -0.39 is 0 Å². The molecule has 0 bridgehead atoms. The van der Waals surface area contributed by atoms with Gasteiger partial charge in [-0.25, -0.2) is 0 Å². The molecule has 0 heterocycles. The van der Waals surface area contributed by atoms with Crippen molar-refractivity contribution in [3.8, 4) is 22.3 Å². The van der Waals surface area contributed by atoms with E-state index in [9.17, 15) is 0 Å². The van der Waals surface area contributed by atoms with Gasteiger partial charge in [-0.3, -0.25) is 0 Å². The van der Waals surface area contributed by atoms with Crippen molar-refractivity contribution in [1.29, 1.82) is 0 Å². The van der Waals surface area contributed by atoms with Gasteiger partial charge in [-0.05, 0) is 38.8 Å². The van der Waals surface area contributed by atoms with Crippen LogP contribution in [0.2, 0.25) is 0 Å². The summed E-state index contributed by atoms with van der Waals surface area (Å²) < 4.78 is 0. The van der Waals surface area contributed by atoms with E-state index in [0.29, 0.717) is 5.92 Å². The first-order chi connectivity index (χ1) is 21.6. The fraction of sp³-hybridized carbons (Fsp3) is 0.200. The summed E-state index contributed by atoms with van der Waals surface area (Å²) in [5, 5.41) is 8.08. The maximum absolute atomic E-state index is 3.06. The molecule has 0 amide bonds. The number of hydrogen-bond acceptors (Lipinski definition) is 0. The molecule has 256 valence electrons. The summed E-state index contributed by atoms with van der Waals surface area (Å²) in [6, 6.07) is 44.6. The van der Waals surface area contributed by atoms with E-state index in [1.165, 1.54) is 100 Å². The molecule has 0 spiro atoms. The predicted molar refractivity (Wildman–Crippen MR) is 223 cm³/mol. The second kappa shape index (κ2) is 19.0. The van der Waals surface area contributed by atoms with Crippen LogP contribution < -0.4 is 0 Å². The van der Waals surface area contributed by atoms with Gasteiger partial charge in [-0.2, -0.15) is 12.1 Å². The van der Waals surface area contributed by atoms with Crippen LogP contribution in [0.1, 0.15) is 62.8 Å². The molecule has 7 aromatic carbocycles. The Morgan fingerprint density at radius 2 is 1.20 bits per heavy atom. The molecule has 0 aliphatic rings. The minimum atomic E-state index is 0. The molecule has 0 aliphatic carbocycles. The van der Waals surface area contributed by atoms with Crippen molar-refractivity contribution in [2.24, 2.45) is 0 Å². The average molecular weight is 781 g/mol. The van der Waals surface area contributed by atoms with Crippen LogP contribution in [0.25, 0.3) is 54.6 Å². The summed E-state index contributed by atoms with van der Waals surface area (Å²) in [7, 11) is 0. The molecule has 7 rings (SSSR count). The Kier molecular flexibility index (Phi) is 17.2. The molecule has 0 saturated heterocycles. The molecule has 2 radical (unpaired) electrons. The van der Waals surface area contributed by atoms with Gasteiger partial charge in [0.15, 0.2) is 0 Å². The molecule has 0 fully saturated rings. The SMILES string of the molecule is CC(C)c1cc2c(-c3ccc(C(C)(C)C)cc3)cccc2[cH-]1.Cc1cc2c(-c3cccc4ccccc34)ccc(C)c2[cH-]1.Cl.Cl.[CH3-].[CH3-].[Si]=[Zr]. The van der Waals surface area contributed by atoms with E-state index in [0.717, 1.165) is 0 Å². The minimum absolute atomic E-state index is 0. The summed E-state index contributed by atoms with van der Waals surface area (Å²) >= 11 is 1.36. The van der Waals surface area contributed by atoms with Crippen molar-refractivity contribution in [2.75, 3.05) is 0 Å². The van der Waals surface area contributed by atoms with Crippen molar-refractivity contribution in [2.45, 2.75) is 59.8 Å². The van der Waals surface area contributed by atoms with Crippen LogP contribution in [-0.4, -0.2) is 6.88 Å². The Bertz CT molecular complexity index is 2070. The molecule has 0 atom stereocenters. The molecule has 0 unspecified atom stereocenters. The van der Waals surface area contributed by atoms with Gasteiger partial charge in [-0.15, -0.1) is 93.4 Å². The van der Waals surface area contributed by atoms with E-state index in [1.54, 1.807) is 0 Å². The molecule has 0 N–H and O–H groups in total. The average Bonchev–Trinajstić information content (AvgIpc) is 3.67. The van der Waals surface area contributed by atoms with Crippen LogP contribution in [0.5, 0.6) is 0 Å². The Morgan fingerprint density at radius 1 is 0.612 bits per heavy atom. The van der Waals surface area contributed by atoms with E-state index in [-0.39, 0.29) is 45.1 Å². The fourth-order valence-corrected chi connectivity index (χ4v) is 6.28. The molecule has 0 aromatic heterocycles. The number of hydrogen-bond donors (Lipinski definition) is 0. The van der Waals surface area contributed by atoms with Crippen LogP contribution >= 0.6 is 24.8 Å². The van der Waals surface area contributed by atoms with Gasteiger partial charge >= 0.3 is 30.2 Å². The molecule has 0 saturated carbocycles. The van der Waals surface area contributed by atoms with E-state index >= 15 is 0 Å². The quantitative estimate of drug-likeness (QED) is 0.124. The molecule has 49 heavy (non-hydrogen) atoms. The van der Waals surface area contributed by atoms with Gasteiger partial charge in [-0.1, -0.05) is 138 Å². The van der Waals surface area contributed by atoms with Crippen molar-refractivity contribution in [3.05, 3.63) is 158 Å². The zero-order valence-electron chi connectivity index (χ0n) is 30.4. The summed E-state index contributed by atoms with van der Waals surface area (Å²) in [5.74, 6) is 0.573. The first-order valence-corrected chi connectivity index (χ1v) is 20.0. The molecular formula is C45H50Cl2SiZr-4. The van der Waals surface area contributed by atoms with Gasteiger partial charge in [0, 0.05) is 0 Å². The second-order valence-corrected chi connectivity index (χ2v) is 13.4. The molecular weight excluding hydrogens is 731 g/mol. The van der Waals surface area contributed by atoms with Crippen LogP contribution in [-0.2, 0) is 28.8 Å². The van der Waals surface area contributed by atoms with Crippen LogP contribution in [0.15, 0.2) is 121 Å². The Hall–Kier alpha value is -2.74. The third-order valence-electron chi connectivity index (χ3n) is 8.83. The number of benzene rings is 5. The van der Waals surface area contributed by atoms with Gasteiger partial charge in [0.1, 0.15) is 0 Å². The topological polar surface area (TPSA) is 0 Å². The summed E-state index contributed by atoms with van der Waals surface area (Å²) in [4.78, 5) is 0. The molecule has 0 nitrogen and oxygen atoms in total. The monoisotopic (exact) mass is 778 g/mol. The van der Waals surface area contributed by atoms with E-state index in [4.69, 9.17) is 0 Å². The summed E-state index contributed by atoms with van der Waals surface area (Å²) in [6.45, 7) is 18.7. The van der Waals surface area contributed by atoms with Crippen LogP contribution in [0.3, 0.4) is 0 Å². The van der Waals surface area contributed by atoms with Gasteiger partial charge in [0.25, 0.3) is 0 Å². The zero-order chi connectivity index (χ0) is 32.3. The summed E-state index contributed by atoms with van der Waals surface area (Å²) in [6.07, 6.45) is 0. The van der Waals surface area contributed by atoms with Crippen molar-refractivity contribution in [3.63, 3.8) is 0 Å². The Balaban J connectivity index is 0.000000433. The third kappa shape index (κ3) is 9.74. The van der Waals surface area contributed by atoms with Crippen molar-refractivity contribution in [1.82, 2.24) is 0 Å². The van der Waals surface area contributed by atoms with E-state index in [1.807, 2.05) is 0 Å². The zero-order valence-corrected chi connectivity index (χ0v) is 35.5. The maximum atomic E-state index is 3.06. The van der Waals surface area contributed by atoms with Crippen molar-refractivity contribution < 1.29 is 23.3 Å². The number of halogens is 2. The first-order valence-electron chi connectivity index (χ1n) is 15.8. The van der Waals surface area contributed by atoms with Gasteiger partial charge < -0.3 is 14.9 Å².